The van der Waals surface area contributed by atoms with E-state index in [1.165, 1.54) is 0 Å². The fourth-order valence-corrected chi connectivity index (χ4v) is 4.77. The molecule has 1 saturated heterocycles. The molecule has 0 radical (unpaired) electrons. The van der Waals surface area contributed by atoms with Crippen LogP contribution in [0.1, 0.15) is 18.5 Å². The van der Waals surface area contributed by atoms with Crippen LogP contribution in [0.25, 0.3) is 10.8 Å². The smallest absolute Gasteiger partial charge is 0.241 e. The van der Waals surface area contributed by atoms with E-state index in [9.17, 15) is 8.42 Å². The predicted octanol–water partition coefficient (Wildman–Crippen LogP) is 3.72. The van der Waals surface area contributed by atoms with Crippen LogP contribution < -0.4 is 9.62 Å². The third-order valence-corrected chi connectivity index (χ3v) is 6.67. The maximum Gasteiger partial charge on any atom is 0.241 e. The lowest BCUT2D eigenvalue weighted by atomic mass is 10.1. The monoisotopic (exact) mass is 396 g/mol. The van der Waals surface area contributed by atoms with Gasteiger partial charge in [0.1, 0.15) is 0 Å². The molecule has 5 nitrogen and oxygen atoms in total. The van der Waals surface area contributed by atoms with E-state index in [1.807, 2.05) is 61.5 Å². The number of morpholine rings is 1. The summed E-state index contributed by atoms with van der Waals surface area (Å²) in [5, 5.41) is 1.93. The maximum atomic E-state index is 12.8. The van der Waals surface area contributed by atoms with Gasteiger partial charge in [0.2, 0.25) is 10.0 Å². The first-order chi connectivity index (χ1) is 13.5. The van der Waals surface area contributed by atoms with Crippen molar-refractivity contribution in [1.29, 1.82) is 0 Å². The molecule has 1 aliphatic rings. The van der Waals surface area contributed by atoms with Crippen molar-refractivity contribution in [3.63, 3.8) is 0 Å². The lowest BCUT2D eigenvalue weighted by Gasteiger charge is -2.29. The van der Waals surface area contributed by atoms with Gasteiger partial charge < -0.3 is 9.64 Å². The molecule has 1 atom stereocenters. The normalized spacial score (nSPS) is 16.2. The Morgan fingerprint density at radius 1 is 0.929 bits per heavy atom. The lowest BCUT2D eigenvalue weighted by Crippen LogP contribution is -2.36. The first-order valence-electron chi connectivity index (χ1n) is 9.47. The van der Waals surface area contributed by atoms with E-state index in [-0.39, 0.29) is 10.9 Å². The van der Waals surface area contributed by atoms with E-state index in [0.717, 1.165) is 48.3 Å². The molecule has 1 heterocycles. The zero-order chi connectivity index (χ0) is 19.6. The van der Waals surface area contributed by atoms with Crippen LogP contribution >= 0.6 is 0 Å². The molecule has 1 N–H and O–H groups in total. The Bertz CT molecular complexity index is 1060. The summed E-state index contributed by atoms with van der Waals surface area (Å²) < 4.78 is 33.9. The Labute approximate surface area is 166 Å². The highest BCUT2D eigenvalue weighted by Gasteiger charge is 2.19. The van der Waals surface area contributed by atoms with Crippen LogP contribution in [0.5, 0.6) is 0 Å². The zero-order valence-electron chi connectivity index (χ0n) is 15.8. The molecule has 0 aromatic heterocycles. The highest BCUT2D eigenvalue weighted by molar-refractivity contribution is 7.89. The highest BCUT2D eigenvalue weighted by atomic mass is 32.2. The summed E-state index contributed by atoms with van der Waals surface area (Å²) in [4.78, 5) is 2.56. The summed E-state index contributed by atoms with van der Waals surface area (Å²) >= 11 is 0. The standard InChI is InChI=1S/C22H24N2O3S/c1-17(18-6-9-21(10-7-18)24-12-14-27-15-13-24)23-28(25,26)22-11-8-19-4-2-3-5-20(19)16-22/h2-11,16-17,23H,12-15H2,1H3/t17-/m1/s1. The van der Waals surface area contributed by atoms with Crippen molar-refractivity contribution in [2.75, 3.05) is 31.2 Å². The number of hydrogen-bond donors (Lipinski definition) is 1. The third kappa shape index (κ3) is 4.04. The number of anilines is 1. The van der Waals surface area contributed by atoms with Crippen molar-refractivity contribution in [2.24, 2.45) is 0 Å². The van der Waals surface area contributed by atoms with Gasteiger partial charge in [-0.1, -0.05) is 42.5 Å². The number of nitrogens with zero attached hydrogens (tertiary/aromatic N) is 1. The Balaban J connectivity index is 1.50. The predicted molar refractivity (Wildman–Crippen MR) is 112 cm³/mol. The van der Waals surface area contributed by atoms with Gasteiger partial charge in [-0.2, -0.15) is 0 Å². The minimum atomic E-state index is -3.61. The van der Waals surface area contributed by atoms with E-state index in [0.29, 0.717) is 0 Å². The van der Waals surface area contributed by atoms with Gasteiger partial charge >= 0.3 is 0 Å². The quantitative estimate of drug-likeness (QED) is 0.714. The average molecular weight is 397 g/mol. The minimum Gasteiger partial charge on any atom is -0.378 e. The van der Waals surface area contributed by atoms with Crippen LogP contribution in [0, 0.1) is 0 Å². The molecule has 3 aromatic rings. The fraction of sp³-hybridized carbons (Fsp3) is 0.273. The van der Waals surface area contributed by atoms with Crippen molar-refractivity contribution in [3.05, 3.63) is 72.3 Å². The van der Waals surface area contributed by atoms with Crippen LogP contribution in [0.3, 0.4) is 0 Å². The number of ether oxygens (including phenoxy) is 1. The molecule has 0 bridgehead atoms. The number of hydrogen-bond acceptors (Lipinski definition) is 4. The van der Waals surface area contributed by atoms with Crippen molar-refractivity contribution in [3.8, 4) is 0 Å². The molecular weight excluding hydrogens is 372 g/mol. The van der Waals surface area contributed by atoms with E-state index in [4.69, 9.17) is 4.74 Å². The molecule has 6 heteroatoms. The van der Waals surface area contributed by atoms with Gasteiger partial charge in [-0.25, -0.2) is 13.1 Å². The lowest BCUT2D eigenvalue weighted by molar-refractivity contribution is 0.122. The van der Waals surface area contributed by atoms with Crippen molar-refractivity contribution < 1.29 is 13.2 Å². The van der Waals surface area contributed by atoms with E-state index < -0.39 is 10.0 Å². The molecule has 1 aliphatic heterocycles. The Morgan fingerprint density at radius 3 is 2.32 bits per heavy atom. The van der Waals surface area contributed by atoms with E-state index in [2.05, 4.69) is 9.62 Å². The summed E-state index contributed by atoms with van der Waals surface area (Å²) in [6.45, 7) is 5.10. The molecule has 3 aromatic carbocycles. The molecule has 0 aliphatic carbocycles. The van der Waals surface area contributed by atoms with Gasteiger partial charge in [0, 0.05) is 24.8 Å². The van der Waals surface area contributed by atoms with E-state index >= 15 is 0 Å². The summed E-state index contributed by atoms with van der Waals surface area (Å²) in [7, 11) is -3.61. The molecule has 0 spiro atoms. The van der Waals surface area contributed by atoms with Gasteiger partial charge in [-0.15, -0.1) is 0 Å². The second kappa shape index (κ2) is 7.91. The van der Waals surface area contributed by atoms with Gasteiger partial charge in [0.15, 0.2) is 0 Å². The second-order valence-corrected chi connectivity index (χ2v) is 8.76. The minimum absolute atomic E-state index is 0.281. The van der Waals surface area contributed by atoms with Crippen molar-refractivity contribution >= 4 is 26.5 Å². The topological polar surface area (TPSA) is 58.6 Å². The number of nitrogens with one attached hydrogen (secondary N) is 1. The molecular formula is C22H24N2O3S. The first-order valence-corrected chi connectivity index (χ1v) is 10.9. The number of fused-ring (bicyclic) bond motifs is 1. The molecule has 0 amide bonds. The van der Waals surface area contributed by atoms with Crippen LogP contribution in [0.2, 0.25) is 0 Å². The SMILES string of the molecule is C[C@@H](NS(=O)(=O)c1ccc2ccccc2c1)c1ccc(N2CCOCC2)cc1. The summed E-state index contributed by atoms with van der Waals surface area (Å²) in [5.41, 5.74) is 2.07. The average Bonchev–Trinajstić information content (AvgIpc) is 2.74. The summed E-state index contributed by atoms with van der Waals surface area (Å²) in [6, 6.07) is 20.7. The molecule has 1 fully saturated rings. The zero-order valence-corrected chi connectivity index (χ0v) is 16.7. The highest BCUT2D eigenvalue weighted by Crippen LogP contribution is 2.23. The molecule has 146 valence electrons. The maximum absolute atomic E-state index is 12.8. The molecule has 4 rings (SSSR count). The van der Waals surface area contributed by atoms with Gasteiger partial charge in [-0.05, 0) is 47.5 Å². The number of sulfonamides is 1. The van der Waals surface area contributed by atoms with Crippen molar-refractivity contribution in [1.82, 2.24) is 4.72 Å². The Morgan fingerprint density at radius 2 is 1.61 bits per heavy atom. The van der Waals surface area contributed by atoms with Gasteiger partial charge in [-0.3, -0.25) is 0 Å². The Hall–Kier alpha value is -2.41. The summed E-state index contributed by atoms with van der Waals surface area (Å²) in [6.07, 6.45) is 0. The second-order valence-electron chi connectivity index (χ2n) is 7.04. The van der Waals surface area contributed by atoms with Gasteiger partial charge in [0.05, 0.1) is 18.1 Å². The molecule has 28 heavy (non-hydrogen) atoms. The van der Waals surface area contributed by atoms with Crippen LogP contribution in [-0.2, 0) is 14.8 Å². The number of benzene rings is 3. The summed E-state index contributed by atoms with van der Waals surface area (Å²) in [5.74, 6) is 0. The molecule has 0 unspecified atom stereocenters. The Kier molecular flexibility index (Phi) is 5.35. The third-order valence-electron chi connectivity index (χ3n) is 5.13. The number of rotatable bonds is 5. The largest absolute Gasteiger partial charge is 0.378 e. The van der Waals surface area contributed by atoms with Crippen LogP contribution in [0.4, 0.5) is 5.69 Å². The fourth-order valence-electron chi connectivity index (χ4n) is 3.50. The van der Waals surface area contributed by atoms with Gasteiger partial charge in [0.25, 0.3) is 0 Å². The van der Waals surface area contributed by atoms with Crippen LogP contribution in [0.15, 0.2) is 71.6 Å². The van der Waals surface area contributed by atoms with Crippen molar-refractivity contribution in [2.45, 2.75) is 17.9 Å². The van der Waals surface area contributed by atoms with E-state index in [1.54, 1.807) is 12.1 Å². The van der Waals surface area contributed by atoms with Crippen LogP contribution in [-0.4, -0.2) is 34.7 Å². The molecule has 0 saturated carbocycles. The first kappa shape index (κ1) is 18.9.